The molecule has 1 aliphatic heterocycles. The molecule has 0 unspecified atom stereocenters. The molecule has 28 heavy (non-hydrogen) atoms. The first kappa shape index (κ1) is 18.4. The Bertz CT molecular complexity index is 953. The molecule has 2 N–H and O–H groups in total. The maximum Gasteiger partial charge on any atom is 0.325 e. The second-order valence-electron chi connectivity index (χ2n) is 5.91. The average molecular weight is 419 g/mol. The van der Waals surface area contributed by atoms with Crippen LogP contribution in [0.4, 0.5) is 21.4 Å². The zero-order chi connectivity index (χ0) is 19.5. The first-order valence-electron chi connectivity index (χ1n) is 8.45. The summed E-state index contributed by atoms with van der Waals surface area (Å²) in [6, 6.07) is 3.59. The van der Waals surface area contributed by atoms with Crippen LogP contribution in [0, 0.1) is 0 Å². The van der Waals surface area contributed by atoms with E-state index in [-0.39, 0.29) is 12.0 Å². The predicted molar refractivity (Wildman–Crippen MR) is 109 cm³/mol. The molecule has 9 nitrogen and oxygen atoms in total. The van der Waals surface area contributed by atoms with E-state index in [1.165, 1.54) is 29.8 Å². The highest BCUT2D eigenvalue weighted by atomic mass is 32.1. The molecule has 0 aliphatic carbocycles. The average Bonchev–Trinajstić information content (AvgIpc) is 3.35. The number of amides is 2. The van der Waals surface area contributed by atoms with Crippen molar-refractivity contribution in [2.75, 3.05) is 36.3 Å². The van der Waals surface area contributed by atoms with E-state index >= 15 is 0 Å². The van der Waals surface area contributed by atoms with E-state index in [9.17, 15) is 4.79 Å². The number of hydrogen-bond donors (Lipinski definition) is 2. The molecule has 0 spiro atoms. The number of carbonyl (C=O) groups is 1. The molecule has 146 valence electrons. The number of anilines is 3. The van der Waals surface area contributed by atoms with Gasteiger partial charge in [0.15, 0.2) is 5.13 Å². The molecular formula is C17H18N6O3S2. The van der Waals surface area contributed by atoms with Gasteiger partial charge in [0.05, 0.1) is 32.1 Å². The van der Waals surface area contributed by atoms with Crippen LogP contribution in [0.1, 0.15) is 10.6 Å². The van der Waals surface area contributed by atoms with Gasteiger partial charge >= 0.3 is 12.0 Å². The summed E-state index contributed by atoms with van der Waals surface area (Å²) < 4.78 is 10.4. The van der Waals surface area contributed by atoms with Crippen molar-refractivity contribution in [2.24, 2.45) is 0 Å². The van der Waals surface area contributed by atoms with E-state index in [0.717, 1.165) is 35.0 Å². The smallest absolute Gasteiger partial charge is 0.325 e. The van der Waals surface area contributed by atoms with Crippen molar-refractivity contribution in [3.8, 4) is 11.9 Å². The van der Waals surface area contributed by atoms with Gasteiger partial charge in [-0.15, -0.1) is 0 Å². The monoisotopic (exact) mass is 418 g/mol. The molecule has 0 saturated carbocycles. The molecule has 3 aromatic heterocycles. The van der Waals surface area contributed by atoms with Crippen LogP contribution < -0.4 is 25.0 Å². The first-order chi connectivity index (χ1) is 13.6. The molecule has 0 saturated heterocycles. The SMILES string of the molecule is COc1cc(N2CCc3nc(NC(=O)Nc4ccsc4)sc3C2)nc(OC)n1. The van der Waals surface area contributed by atoms with Gasteiger partial charge in [0.1, 0.15) is 5.82 Å². The number of rotatable bonds is 5. The van der Waals surface area contributed by atoms with Crippen molar-refractivity contribution in [1.82, 2.24) is 15.0 Å². The van der Waals surface area contributed by atoms with Gasteiger partial charge < -0.3 is 19.7 Å². The number of nitrogens with zero attached hydrogens (tertiary/aromatic N) is 4. The highest BCUT2D eigenvalue weighted by Gasteiger charge is 2.23. The molecule has 0 aromatic carbocycles. The van der Waals surface area contributed by atoms with Crippen molar-refractivity contribution >= 4 is 45.3 Å². The summed E-state index contributed by atoms with van der Waals surface area (Å²) in [6.07, 6.45) is 0.758. The van der Waals surface area contributed by atoms with Crippen LogP contribution in [-0.4, -0.2) is 41.7 Å². The molecule has 0 atom stereocenters. The van der Waals surface area contributed by atoms with Crippen molar-refractivity contribution < 1.29 is 14.3 Å². The minimum absolute atomic E-state index is 0.261. The number of carbonyl (C=O) groups excluding carboxylic acids is 1. The van der Waals surface area contributed by atoms with Crippen LogP contribution in [-0.2, 0) is 13.0 Å². The lowest BCUT2D eigenvalue weighted by Crippen LogP contribution is -2.30. The normalized spacial score (nSPS) is 13.0. The number of fused-ring (bicyclic) bond motifs is 1. The van der Waals surface area contributed by atoms with Crippen molar-refractivity contribution in [3.63, 3.8) is 0 Å². The second-order valence-corrected chi connectivity index (χ2v) is 7.77. The van der Waals surface area contributed by atoms with Gasteiger partial charge in [0.2, 0.25) is 5.88 Å². The van der Waals surface area contributed by atoms with Gasteiger partial charge in [-0.1, -0.05) is 11.3 Å². The van der Waals surface area contributed by atoms with Gasteiger partial charge in [-0.05, 0) is 11.4 Å². The van der Waals surface area contributed by atoms with Crippen LogP contribution >= 0.6 is 22.7 Å². The standard InChI is InChI=1S/C17H18N6O3S2/c1-25-14-7-13(20-16(21-14)26-2)23-5-3-11-12(8-23)28-17(19-11)22-15(24)18-10-4-6-27-9-10/h4,6-7,9H,3,5,8H2,1-2H3,(H2,18,19,22,24). The Kier molecular flexibility index (Phi) is 5.26. The highest BCUT2D eigenvalue weighted by Crippen LogP contribution is 2.31. The Labute approximate surface area is 169 Å². The summed E-state index contributed by atoms with van der Waals surface area (Å²) in [5, 5.41) is 9.95. The summed E-state index contributed by atoms with van der Waals surface area (Å²) in [5.74, 6) is 1.18. The number of thiophene rings is 1. The molecule has 4 rings (SSSR count). The number of urea groups is 1. The number of methoxy groups -OCH3 is 2. The van der Waals surface area contributed by atoms with Crippen LogP contribution in [0.25, 0.3) is 0 Å². The Morgan fingerprint density at radius 3 is 2.86 bits per heavy atom. The van der Waals surface area contributed by atoms with Crippen molar-refractivity contribution in [2.45, 2.75) is 13.0 Å². The Hall–Kier alpha value is -2.92. The molecular weight excluding hydrogens is 400 g/mol. The zero-order valence-corrected chi connectivity index (χ0v) is 16.9. The molecule has 2 amide bonds. The molecule has 4 heterocycles. The summed E-state index contributed by atoms with van der Waals surface area (Å²) in [5.41, 5.74) is 1.77. The quantitative estimate of drug-likeness (QED) is 0.656. The van der Waals surface area contributed by atoms with Gasteiger partial charge in [0.25, 0.3) is 0 Å². The largest absolute Gasteiger partial charge is 0.481 e. The topological polar surface area (TPSA) is 102 Å². The maximum absolute atomic E-state index is 12.1. The lowest BCUT2D eigenvalue weighted by Gasteiger charge is -2.27. The fourth-order valence-electron chi connectivity index (χ4n) is 2.79. The number of ether oxygens (including phenoxy) is 2. The lowest BCUT2D eigenvalue weighted by molar-refractivity contribution is 0.262. The number of hydrogen-bond acceptors (Lipinski definition) is 9. The van der Waals surface area contributed by atoms with E-state index in [1.54, 1.807) is 13.2 Å². The third-order valence-electron chi connectivity index (χ3n) is 4.12. The first-order valence-corrected chi connectivity index (χ1v) is 10.2. The highest BCUT2D eigenvalue weighted by molar-refractivity contribution is 7.16. The molecule has 3 aromatic rings. The Morgan fingerprint density at radius 1 is 1.21 bits per heavy atom. The van der Waals surface area contributed by atoms with Gasteiger partial charge in [-0.3, -0.25) is 5.32 Å². The van der Waals surface area contributed by atoms with E-state index < -0.39 is 0 Å². The molecule has 0 bridgehead atoms. The van der Waals surface area contributed by atoms with Crippen molar-refractivity contribution in [1.29, 1.82) is 0 Å². The van der Waals surface area contributed by atoms with Crippen LogP contribution in [0.5, 0.6) is 11.9 Å². The summed E-state index contributed by atoms with van der Waals surface area (Å²) in [4.78, 5) is 28.4. The third kappa shape index (κ3) is 3.99. The van der Waals surface area contributed by atoms with Crippen LogP contribution in [0.2, 0.25) is 0 Å². The van der Waals surface area contributed by atoms with Gasteiger partial charge in [-0.2, -0.15) is 21.3 Å². The van der Waals surface area contributed by atoms with Crippen LogP contribution in [0.15, 0.2) is 22.9 Å². The number of thiazole rings is 1. The Morgan fingerprint density at radius 2 is 2.11 bits per heavy atom. The Balaban J connectivity index is 1.46. The molecule has 0 radical (unpaired) electrons. The minimum Gasteiger partial charge on any atom is -0.481 e. The third-order valence-corrected chi connectivity index (χ3v) is 5.80. The van der Waals surface area contributed by atoms with Gasteiger partial charge in [0, 0.05) is 29.3 Å². The second kappa shape index (κ2) is 7.98. The van der Waals surface area contributed by atoms with E-state index in [4.69, 9.17) is 9.47 Å². The van der Waals surface area contributed by atoms with Gasteiger partial charge in [-0.25, -0.2) is 9.78 Å². The molecule has 11 heteroatoms. The minimum atomic E-state index is -0.299. The molecule has 0 fully saturated rings. The summed E-state index contributed by atoms with van der Waals surface area (Å²) in [7, 11) is 3.08. The van der Waals surface area contributed by atoms with Crippen molar-refractivity contribution in [3.05, 3.63) is 33.5 Å². The zero-order valence-electron chi connectivity index (χ0n) is 15.3. The fourth-order valence-corrected chi connectivity index (χ4v) is 4.40. The number of aromatic nitrogens is 3. The lowest BCUT2D eigenvalue weighted by atomic mass is 10.2. The summed E-state index contributed by atoms with van der Waals surface area (Å²) >= 11 is 2.99. The fraction of sp³-hybridized carbons (Fsp3) is 0.294. The summed E-state index contributed by atoms with van der Waals surface area (Å²) in [6.45, 7) is 1.39. The number of nitrogens with one attached hydrogen (secondary N) is 2. The van der Waals surface area contributed by atoms with E-state index in [0.29, 0.717) is 17.6 Å². The van der Waals surface area contributed by atoms with E-state index in [2.05, 4.69) is 30.5 Å². The maximum atomic E-state index is 12.1. The van der Waals surface area contributed by atoms with E-state index in [1.807, 2.05) is 16.8 Å². The van der Waals surface area contributed by atoms with Crippen LogP contribution in [0.3, 0.4) is 0 Å². The molecule has 1 aliphatic rings. The predicted octanol–water partition coefficient (Wildman–Crippen LogP) is 3.22.